The van der Waals surface area contributed by atoms with Gasteiger partial charge in [0.2, 0.25) is 0 Å². The van der Waals surface area contributed by atoms with Crippen LogP contribution in [0.25, 0.3) is 11.0 Å². The Morgan fingerprint density at radius 2 is 2.11 bits per heavy atom. The van der Waals surface area contributed by atoms with E-state index in [0.717, 1.165) is 29.9 Å². The molecule has 1 aromatic heterocycles. The minimum absolute atomic E-state index is 0.133. The average molecular weight is 245 g/mol. The van der Waals surface area contributed by atoms with Crippen LogP contribution < -0.4 is 11.0 Å². The number of rotatable bonds is 5. The number of hydrogen-bond donors (Lipinski definition) is 3. The van der Waals surface area contributed by atoms with Crippen LogP contribution in [0.3, 0.4) is 0 Å². The first kappa shape index (κ1) is 11.5. The Bertz CT molecular complexity index is 594. The van der Waals surface area contributed by atoms with Crippen LogP contribution in [0.5, 0.6) is 0 Å². The average Bonchev–Trinajstić information content (AvgIpc) is 3.11. The highest BCUT2D eigenvalue weighted by Gasteiger charge is 2.31. The Morgan fingerprint density at radius 1 is 1.33 bits per heavy atom. The molecule has 1 atom stereocenters. The zero-order chi connectivity index (χ0) is 12.5. The highest BCUT2D eigenvalue weighted by atomic mass is 16.1. The maximum Gasteiger partial charge on any atom is 0.323 e. The lowest BCUT2D eigenvalue weighted by atomic mass is 10.0. The van der Waals surface area contributed by atoms with Gasteiger partial charge in [-0.3, -0.25) is 0 Å². The first-order valence-corrected chi connectivity index (χ1v) is 6.73. The SMILES string of the molecule is CCCNC(c1ccc2[nH]c(=O)[nH]c2c1)C1CC1. The number of aromatic nitrogens is 2. The van der Waals surface area contributed by atoms with Gasteiger partial charge >= 0.3 is 5.69 Å². The van der Waals surface area contributed by atoms with Gasteiger partial charge in [0, 0.05) is 6.04 Å². The smallest absolute Gasteiger partial charge is 0.310 e. The van der Waals surface area contributed by atoms with Crippen LogP contribution in [-0.2, 0) is 0 Å². The van der Waals surface area contributed by atoms with E-state index >= 15 is 0 Å². The van der Waals surface area contributed by atoms with Crippen molar-refractivity contribution in [3.05, 3.63) is 34.2 Å². The Labute approximate surface area is 106 Å². The van der Waals surface area contributed by atoms with Crippen molar-refractivity contribution in [2.24, 2.45) is 5.92 Å². The van der Waals surface area contributed by atoms with Crippen molar-refractivity contribution in [2.45, 2.75) is 32.2 Å². The second kappa shape index (κ2) is 4.61. The van der Waals surface area contributed by atoms with Crippen molar-refractivity contribution < 1.29 is 0 Å². The summed E-state index contributed by atoms with van der Waals surface area (Å²) in [6.07, 6.45) is 3.76. The lowest BCUT2D eigenvalue weighted by Gasteiger charge is -2.18. The molecule has 18 heavy (non-hydrogen) atoms. The summed E-state index contributed by atoms with van der Waals surface area (Å²) in [5, 5.41) is 3.62. The molecule has 0 aliphatic heterocycles. The van der Waals surface area contributed by atoms with Gasteiger partial charge in [0.05, 0.1) is 11.0 Å². The molecule has 0 spiro atoms. The molecule has 1 unspecified atom stereocenters. The molecule has 0 amide bonds. The number of H-pyrrole nitrogens is 2. The second-order valence-electron chi connectivity index (χ2n) is 5.15. The van der Waals surface area contributed by atoms with Crippen molar-refractivity contribution in [3.63, 3.8) is 0 Å². The lowest BCUT2D eigenvalue weighted by molar-refractivity contribution is 0.481. The van der Waals surface area contributed by atoms with Gasteiger partial charge in [-0.2, -0.15) is 0 Å². The van der Waals surface area contributed by atoms with Gasteiger partial charge < -0.3 is 15.3 Å². The molecule has 4 nitrogen and oxygen atoms in total. The van der Waals surface area contributed by atoms with E-state index in [-0.39, 0.29) is 5.69 Å². The maximum absolute atomic E-state index is 11.3. The quantitative estimate of drug-likeness (QED) is 0.757. The van der Waals surface area contributed by atoms with Gasteiger partial charge in [-0.25, -0.2) is 4.79 Å². The fourth-order valence-corrected chi connectivity index (χ4v) is 2.53. The van der Waals surface area contributed by atoms with Crippen LogP contribution >= 0.6 is 0 Å². The molecule has 1 aliphatic carbocycles. The molecule has 3 rings (SSSR count). The number of aromatic amines is 2. The van der Waals surface area contributed by atoms with Crippen LogP contribution in [0, 0.1) is 5.92 Å². The van der Waals surface area contributed by atoms with E-state index in [1.54, 1.807) is 0 Å². The van der Waals surface area contributed by atoms with E-state index in [1.165, 1.54) is 18.4 Å². The monoisotopic (exact) mass is 245 g/mol. The van der Waals surface area contributed by atoms with Crippen molar-refractivity contribution in [1.29, 1.82) is 0 Å². The van der Waals surface area contributed by atoms with Crippen molar-refractivity contribution >= 4 is 11.0 Å². The van der Waals surface area contributed by atoms with E-state index in [1.807, 2.05) is 6.07 Å². The Hall–Kier alpha value is -1.55. The number of hydrogen-bond acceptors (Lipinski definition) is 2. The predicted octanol–water partition coefficient (Wildman–Crippen LogP) is 2.31. The maximum atomic E-state index is 11.3. The fraction of sp³-hybridized carbons (Fsp3) is 0.500. The van der Waals surface area contributed by atoms with Crippen LogP contribution in [0.1, 0.15) is 37.8 Å². The van der Waals surface area contributed by atoms with Crippen LogP contribution in [0.4, 0.5) is 0 Å². The van der Waals surface area contributed by atoms with Crippen molar-refractivity contribution in [3.8, 4) is 0 Å². The molecule has 1 saturated carbocycles. The highest BCUT2D eigenvalue weighted by molar-refractivity contribution is 5.75. The molecule has 0 saturated heterocycles. The Kier molecular flexibility index (Phi) is 2.96. The highest BCUT2D eigenvalue weighted by Crippen LogP contribution is 2.41. The molecule has 1 aliphatic rings. The number of nitrogens with one attached hydrogen (secondary N) is 3. The summed E-state index contributed by atoms with van der Waals surface area (Å²) in [7, 11) is 0. The molecular weight excluding hydrogens is 226 g/mol. The molecule has 2 aromatic rings. The predicted molar refractivity (Wildman–Crippen MR) is 72.7 cm³/mol. The van der Waals surface area contributed by atoms with Gasteiger partial charge in [-0.1, -0.05) is 13.0 Å². The van der Waals surface area contributed by atoms with Gasteiger partial charge in [0.15, 0.2) is 0 Å². The number of benzene rings is 1. The summed E-state index contributed by atoms with van der Waals surface area (Å²) in [6, 6.07) is 6.65. The van der Waals surface area contributed by atoms with E-state index in [2.05, 4.69) is 34.3 Å². The van der Waals surface area contributed by atoms with Crippen molar-refractivity contribution in [2.75, 3.05) is 6.54 Å². The summed E-state index contributed by atoms with van der Waals surface area (Å²) in [6.45, 7) is 3.23. The standard InChI is InChI=1S/C14H19N3O/c1-2-7-15-13(9-3-4-9)10-5-6-11-12(8-10)17-14(18)16-11/h5-6,8-9,13,15H,2-4,7H2,1H3,(H2,16,17,18). The van der Waals surface area contributed by atoms with Crippen molar-refractivity contribution in [1.82, 2.24) is 15.3 Å². The topological polar surface area (TPSA) is 60.7 Å². The largest absolute Gasteiger partial charge is 0.323 e. The molecule has 1 heterocycles. The van der Waals surface area contributed by atoms with E-state index in [0.29, 0.717) is 6.04 Å². The third-order valence-corrected chi connectivity index (χ3v) is 3.61. The van der Waals surface area contributed by atoms with Gasteiger partial charge in [0.25, 0.3) is 0 Å². The molecular formula is C14H19N3O. The summed E-state index contributed by atoms with van der Waals surface area (Å²) in [5.74, 6) is 0.764. The molecule has 1 fully saturated rings. The van der Waals surface area contributed by atoms with Gasteiger partial charge in [0.1, 0.15) is 0 Å². The van der Waals surface area contributed by atoms with Crippen LogP contribution in [-0.4, -0.2) is 16.5 Å². The molecule has 4 heteroatoms. The summed E-state index contributed by atoms with van der Waals surface area (Å²) in [4.78, 5) is 16.9. The third-order valence-electron chi connectivity index (χ3n) is 3.61. The number of imidazole rings is 1. The molecule has 1 aromatic carbocycles. The molecule has 0 bridgehead atoms. The molecule has 96 valence electrons. The van der Waals surface area contributed by atoms with Gasteiger partial charge in [-0.05, 0) is 49.4 Å². The third kappa shape index (κ3) is 2.20. The van der Waals surface area contributed by atoms with E-state index < -0.39 is 0 Å². The zero-order valence-electron chi connectivity index (χ0n) is 10.6. The molecule has 3 N–H and O–H groups in total. The zero-order valence-corrected chi connectivity index (χ0v) is 10.6. The number of fused-ring (bicyclic) bond motifs is 1. The second-order valence-corrected chi connectivity index (χ2v) is 5.15. The Morgan fingerprint density at radius 3 is 2.83 bits per heavy atom. The minimum Gasteiger partial charge on any atom is -0.310 e. The van der Waals surface area contributed by atoms with E-state index in [4.69, 9.17) is 0 Å². The Balaban J connectivity index is 1.92. The fourth-order valence-electron chi connectivity index (χ4n) is 2.53. The lowest BCUT2D eigenvalue weighted by Crippen LogP contribution is -2.23. The molecule has 0 radical (unpaired) electrons. The minimum atomic E-state index is -0.133. The van der Waals surface area contributed by atoms with Crippen LogP contribution in [0.2, 0.25) is 0 Å². The first-order valence-electron chi connectivity index (χ1n) is 6.73. The van der Waals surface area contributed by atoms with Gasteiger partial charge in [-0.15, -0.1) is 0 Å². The normalized spacial score (nSPS) is 17.2. The first-order chi connectivity index (χ1) is 8.78. The summed E-state index contributed by atoms with van der Waals surface area (Å²) in [5.41, 5.74) is 2.94. The van der Waals surface area contributed by atoms with Crippen LogP contribution in [0.15, 0.2) is 23.0 Å². The summed E-state index contributed by atoms with van der Waals surface area (Å²) < 4.78 is 0. The van der Waals surface area contributed by atoms with E-state index in [9.17, 15) is 4.79 Å². The summed E-state index contributed by atoms with van der Waals surface area (Å²) >= 11 is 0.